The number of nitrogens with zero attached hydrogens (tertiary/aromatic N) is 1. The molecule has 2 atom stereocenters. The number of hydrogen-bond donors (Lipinski definition) is 2. The molecule has 1 saturated heterocycles. The summed E-state index contributed by atoms with van der Waals surface area (Å²) in [4.78, 5) is 13.4. The Balaban J connectivity index is 1.45. The van der Waals surface area contributed by atoms with Crippen LogP contribution in [0.4, 0.5) is 0 Å². The van der Waals surface area contributed by atoms with Gasteiger partial charge in [0.25, 0.3) is 0 Å². The van der Waals surface area contributed by atoms with E-state index in [-0.39, 0.29) is 0 Å². The summed E-state index contributed by atoms with van der Waals surface area (Å²) in [5.74, 6) is -0.223. The zero-order chi connectivity index (χ0) is 17.6. The predicted molar refractivity (Wildman–Crippen MR) is 99.5 cm³/mol. The average molecular weight is 338 g/mol. The summed E-state index contributed by atoms with van der Waals surface area (Å²) in [6.07, 6.45) is 1.22. The van der Waals surface area contributed by atoms with Crippen molar-refractivity contribution in [3.8, 4) is 0 Å². The number of hydrogen-bond acceptors (Lipinski definition) is 3. The van der Waals surface area contributed by atoms with Gasteiger partial charge in [-0.3, -0.25) is 4.90 Å². The van der Waals surface area contributed by atoms with Crippen LogP contribution in [0.2, 0.25) is 0 Å². The molecule has 2 unspecified atom stereocenters. The monoisotopic (exact) mass is 338 g/mol. The van der Waals surface area contributed by atoms with E-state index in [0.29, 0.717) is 17.5 Å². The third kappa shape index (κ3) is 4.91. The van der Waals surface area contributed by atoms with Crippen LogP contribution in [0.3, 0.4) is 0 Å². The Labute approximate surface area is 149 Å². The van der Waals surface area contributed by atoms with Crippen molar-refractivity contribution in [3.63, 3.8) is 0 Å². The lowest BCUT2D eigenvalue weighted by atomic mass is 10.00. The van der Waals surface area contributed by atoms with Gasteiger partial charge >= 0.3 is 5.97 Å². The van der Waals surface area contributed by atoms with Crippen molar-refractivity contribution in [1.29, 1.82) is 0 Å². The third-order valence-corrected chi connectivity index (χ3v) is 5.09. The molecule has 1 fully saturated rings. The molecular formula is C21H26N2O2. The van der Waals surface area contributed by atoms with Crippen LogP contribution in [-0.4, -0.2) is 35.1 Å². The molecule has 132 valence electrons. The predicted octanol–water partition coefficient (Wildman–Crippen LogP) is 3.39. The number of likely N-dealkylation sites (tertiary alicyclic amines) is 1. The normalized spacial score (nSPS) is 19.0. The topological polar surface area (TPSA) is 52.6 Å². The van der Waals surface area contributed by atoms with Gasteiger partial charge in [-0.15, -0.1) is 0 Å². The van der Waals surface area contributed by atoms with Crippen molar-refractivity contribution in [2.24, 2.45) is 5.92 Å². The van der Waals surface area contributed by atoms with E-state index >= 15 is 0 Å². The zero-order valence-corrected chi connectivity index (χ0v) is 14.7. The zero-order valence-electron chi connectivity index (χ0n) is 14.7. The SMILES string of the molecule is CC(NCc1ccc(C(=O)O)cc1)C1CCN(Cc2ccccc2)C1. The largest absolute Gasteiger partial charge is 0.478 e. The molecule has 2 aromatic carbocycles. The van der Waals surface area contributed by atoms with Crippen LogP contribution in [0.25, 0.3) is 0 Å². The number of carboxylic acids is 1. The van der Waals surface area contributed by atoms with E-state index in [0.717, 1.165) is 31.7 Å². The lowest BCUT2D eigenvalue weighted by Crippen LogP contribution is -2.34. The lowest BCUT2D eigenvalue weighted by Gasteiger charge is -2.22. The fourth-order valence-corrected chi connectivity index (χ4v) is 3.47. The summed E-state index contributed by atoms with van der Waals surface area (Å²) in [7, 11) is 0. The number of benzene rings is 2. The number of aromatic carboxylic acids is 1. The van der Waals surface area contributed by atoms with E-state index in [1.807, 2.05) is 12.1 Å². The van der Waals surface area contributed by atoms with Gasteiger partial charge < -0.3 is 10.4 Å². The molecule has 4 heteroatoms. The highest BCUT2D eigenvalue weighted by Crippen LogP contribution is 2.22. The van der Waals surface area contributed by atoms with Crippen molar-refractivity contribution in [1.82, 2.24) is 10.2 Å². The van der Waals surface area contributed by atoms with Crippen LogP contribution in [0.5, 0.6) is 0 Å². The highest BCUT2D eigenvalue weighted by Gasteiger charge is 2.26. The van der Waals surface area contributed by atoms with Crippen LogP contribution in [0, 0.1) is 5.92 Å². The van der Waals surface area contributed by atoms with Gasteiger partial charge in [-0.2, -0.15) is 0 Å². The molecule has 3 rings (SSSR count). The molecule has 1 heterocycles. The number of nitrogens with one attached hydrogen (secondary N) is 1. The summed E-state index contributed by atoms with van der Waals surface area (Å²) in [5, 5.41) is 12.5. The molecule has 1 aliphatic heterocycles. The summed E-state index contributed by atoms with van der Waals surface area (Å²) in [6, 6.07) is 18.2. The Morgan fingerprint density at radius 3 is 2.56 bits per heavy atom. The van der Waals surface area contributed by atoms with Gasteiger partial charge in [0.15, 0.2) is 0 Å². The first-order valence-electron chi connectivity index (χ1n) is 8.93. The first-order valence-corrected chi connectivity index (χ1v) is 8.93. The second kappa shape index (κ2) is 8.28. The molecule has 0 bridgehead atoms. The Hall–Kier alpha value is -2.17. The van der Waals surface area contributed by atoms with E-state index in [1.165, 1.54) is 12.0 Å². The summed E-state index contributed by atoms with van der Waals surface area (Å²) in [5.41, 5.74) is 2.84. The van der Waals surface area contributed by atoms with E-state index < -0.39 is 5.97 Å². The van der Waals surface area contributed by atoms with Gasteiger partial charge in [0.1, 0.15) is 0 Å². The fourth-order valence-electron chi connectivity index (χ4n) is 3.47. The summed E-state index contributed by atoms with van der Waals surface area (Å²) < 4.78 is 0. The van der Waals surface area contributed by atoms with Crippen molar-refractivity contribution in [2.45, 2.75) is 32.5 Å². The van der Waals surface area contributed by atoms with Crippen LogP contribution in [0.1, 0.15) is 34.8 Å². The first kappa shape index (κ1) is 17.6. The van der Waals surface area contributed by atoms with E-state index in [9.17, 15) is 4.79 Å². The quantitative estimate of drug-likeness (QED) is 0.812. The van der Waals surface area contributed by atoms with Gasteiger partial charge in [0, 0.05) is 25.7 Å². The Morgan fingerprint density at radius 1 is 1.16 bits per heavy atom. The highest BCUT2D eigenvalue weighted by molar-refractivity contribution is 5.87. The van der Waals surface area contributed by atoms with Crippen LogP contribution in [-0.2, 0) is 13.1 Å². The van der Waals surface area contributed by atoms with Crippen LogP contribution in [0.15, 0.2) is 54.6 Å². The molecule has 0 aromatic heterocycles. The fraction of sp³-hybridized carbons (Fsp3) is 0.381. The average Bonchev–Trinajstić information content (AvgIpc) is 3.09. The number of carboxylic acid groups (broad SMARTS) is 1. The van der Waals surface area contributed by atoms with Gasteiger partial charge in [0.05, 0.1) is 5.56 Å². The molecule has 4 nitrogen and oxygen atoms in total. The second-order valence-corrected chi connectivity index (χ2v) is 6.94. The molecule has 0 saturated carbocycles. The van der Waals surface area contributed by atoms with Gasteiger partial charge in [-0.05, 0) is 49.1 Å². The molecule has 1 aliphatic rings. The van der Waals surface area contributed by atoms with E-state index in [1.54, 1.807) is 12.1 Å². The lowest BCUT2D eigenvalue weighted by molar-refractivity contribution is 0.0697. The molecule has 25 heavy (non-hydrogen) atoms. The molecular weight excluding hydrogens is 312 g/mol. The maximum atomic E-state index is 10.9. The Bertz CT molecular complexity index is 685. The van der Waals surface area contributed by atoms with Crippen LogP contribution >= 0.6 is 0 Å². The van der Waals surface area contributed by atoms with Crippen molar-refractivity contribution < 1.29 is 9.90 Å². The number of rotatable bonds is 7. The molecule has 0 aliphatic carbocycles. The maximum Gasteiger partial charge on any atom is 0.335 e. The summed E-state index contributed by atoms with van der Waals surface area (Å²) >= 11 is 0. The molecule has 2 N–H and O–H groups in total. The minimum Gasteiger partial charge on any atom is -0.478 e. The maximum absolute atomic E-state index is 10.9. The Morgan fingerprint density at radius 2 is 1.88 bits per heavy atom. The van der Waals surface area contributed by atoms with E-state index in [2.05, 4.69) is 47.5 Å². The van der Waals surface area contributed by atoms with E-state index in [4.69, 9.17) is 5.11 Å². The van der Waals surface area contributed by atoms with Crippen molar-refractivity contribution >= 4 is 5.97 Å². The number of carbonyl (C=O) groups is 1. The minimum absolute atomic E-state index is 0.337. The van der Waals surface area contributed by atoms with Gasteiger partial charge in [0.2, 0.25) is 0 Å². The minimum atomic E-state index is -0.877. The smallest absolute Gasteiger partial charge is 0.335 e. The van der Waals surface area contributed by atoms with Crippen LogP contribution < -0.4 is 5.32 Å². The molecule has 2 aromatic rings. The highest BCUT2D eigenvalue weighted by atomic mass is 16.4. The van der Waals surface area contributed by atoms with Crippen molar-refractivity contribution in [2.75, 3.05) is 13.1 Å². The molecule has 0 amide bonds. The standard InChI is InChI=1S/C21H26N2O2/c1-16(22-13-17-7-9-19(10-8-17)21(24)25)20-11-12-23(15-20)14-18-5-3-2-4-6-18/h2-10,16,20,22H,11-15H2,1H3,(H,24,25). The Kier molecular flexibility index (Phi) is 5.84. The van der Waals surface area contributed by atoms with Gasteiger partial charge in [-0.1, -0.05) is 42.5 Å². The van der Waals surface area contributed by atoms with Gasteiger partial charge in [-0.25, -0.2) is 4.79 Å². The molecule has 0 radical (unpaired) electrons. The summed E-state index contributed by atoms with van der Waals surface area (Å²) in [6.45, 7) is 6.33. The molecule has 0 spiro atoms. The second-order valence-electron chi connectivity index (χ2n) is 6.94. The van der Waals surface area contributed by atoms with Crippen molar-refractivity contribution in [3.05, 3.63) is 71.3 Å². The third-order valence-electron chi connectivity index (χ3n) is 5.09. The first-order chi connectivity index (χ1) is 12.1.